The van der Waals surface area contributed by atoms with Crippen LogP contribution in [0.15, 0.2) is 18.2 Å². The molecule has 0 saturated heterocycles. The third-order valence-corrected chi connectivity index (χ3v) is 3.21. The molecule has 0 saturated carbocycles. The summed E-state index contributed by atoms with van der Waals surface area (Å²) in [7, 11) is 3.27. The van der Waals surface area contributed by atoms with E-state index in [2.05, 4.69) is 18.0 Å². The molecule has 4 heteroatoms. The fraction of sp³-hybridized carbons (Fsp3) is 0.438. The maximum Gasteiger partial charge on any atom is 0.162 e. The minimum atomic E-state index is -0.274. The molecule has 0 aliphatic carbocycles. The van der Waals surface area contributed by atoms with Gasteiger partial charge in [0, 0.05) is 29.1 Å². The van der Waals surface area contributed by atoms with Crippen molar-refractivity contribution < 1.29 is 9.47 Å². The molecule has 0 spiro atoms. The Morgan fingerprint density at radius 2 is 1.70 bits per heavy atom. The molecule has 1 aromatic carbocycles. The SMILES string of the molecule is COc1cc2nc(CC(C)(C)N)cc(C)c2cc1OC. The second-order valence-electron chi connectivity index (χ2n) is 5.82. The zero-order valence-electron chi connectivity index (χ0n) is 12.8. The normalized spacial score (nSPS) is 11.7. The smallest absolute Gasteiger partial charge is 0.162 e. The standard InChI is InChI=1S/C16H22N2O2/c1-10-6-11(9-16(2,3)17)18-13-8-15(20-5)14(19-4)7-12(10)13/h6-8H,9,17H2,1-5H3. The van der Waals surface area contributed by atoms with Gasteiger partial charge in [-0.2, -0.15) is 0 Å². The third kappa shape index (κ3) is 3.02. The van der Waals surface area contributed by atoms with Crippen LogP contribution < -0.4 is 15.2 Å². The Kier molecular flexibility index (Phi) is 3.86. The minimum Gasteiger partial charge on any atom is -0.493 e. The van der Waals surface area contributed by atoms with E-state index in [0.29, 0.717) is 5.75 Å². The van der Waals surface area contributed by atoms with Crippen molar-refractivity contribution in [1.82, 2.24) is 4.98 Å². The Bertz CT molecular complexity index is 630. The number of methoxy groups -OCH3 is 2. The van der Waals surface area contributed by atoms with Crippen LogP contribution in [0, 0.1) is 6.92 Å². The number of nitrogens with zero attached hydrogens (tertiary/aromatic N) is 1. The van der Waals surface area contributed by atoms with Gasteiger partial charge in [0.15, 0.2) is 11.5 Å². The highest BCUT2D eigenvalue weighted by molar-refractivity contribution is 5.85. The molecular formula is C16H22N2O2. The lowest BCUT2D eigenvalue weighted by Crippen LogP contribution is -2.34. The van der Waals surface area contributed by atoms with Gasteiger partial charge in [-0.25, -0.2) is 0 Å². The second-order valence-corrected chi connectivity index (χ2v) is 5.82. The number of hydrogen-bond donors (Lipinski definition) is 1. The number of benzene rings is 1. The lowest BCUT2D eigenvalue weighted by molar-refractivity contribution is 0.355. The average Bonchev–Trinajstić information content (AvgIpc) is 2.35. The Hall–Kier alpha value is -1.81. The predicted molar refractivity (Wildman–Crippen MR) is 81.6 cm³/mol. The van der Waals surface area contributed by atoms with Gasteiger partial charge in [0.1, 0.15) is 0 Å². The Morgan fingerprint density at radius 3 is 2.25 bits per heavy atom. The molecule has 1 heterocycles. The summed E-state index contributed by atoms with van der Waals surface area (Å²) < 4.78 is 10.7. The van der Waals surface area contributed by atoms with Crippen molar-refractivity contribution in [2.75, 3.05) is 14.2 Å². The molecular weight excluding hydrogens is 252 g/mol. The zero-order chi connectivity index (χ0) is 14.9. The van der Waals surface area contributed by atoms with Gasteiger partial charge >= 0.3 is 0 Å². The summed E-state index contributed by atoms with van der Waals surface area (Å²) >= 11 is 0. The number of pyridine rings is 1. The fourth-order valence-electron chi connectivity index (χ4n) is 2.35. The lowest BCUT2D eigenvalue weighted by atomic mass is 9.98. The van der Waals surface area contributed by atoms with Crippen molar-refractivity contribution in [1.29, 1.82) is 0 Å². The van der Waals surface area contributed by atoms with Crippen molar-refractivity contribution in [3.63, 3.8) is 0 Å². The number of nitrogens with two attached hydrogens (primary N) is 1. The third-order valence-electron chi connectivity index (χ3n) is 3.21. The van der Waals surface area contributed by atoms with E-state index in [1.165, 1.54) is 0 Å². The lowest BCUT2D eigenvalue weighted by Gasteiger charge is -2.19. The van der Waals surface area contributed by atoms with E-state index < -0.39 is 0 Å². The zero-order valence-corrected chi connectivity index (χ0v) is 12.8. The average molecular weight is 274 g/mol. The maximum absolute atomic E-state index is 6.08. The van der Waals surface area contributed by atoms with Crippen LogP contribution >= 0.6 is 0 Å². The molecule has 0 unspecified atom stereocenters. The summed E-state index contributed by atoms with van der Waals surface area (Å²) in [4.78, 5) is 4.69. The van der Waals surface area contributed by atoms with Crippen molar-refractivity contribution in [3.8, 4) is 11.5 Å². The monoisotopic (exact) mass is 274 g/mol. The van der Waals surface area contributed by atoms with Crippen molar-refractivity contribution in [2.24, 2.45) is 5.73 Å². The summed E-state index contributed by atoms with van der Waals surface area (Å²) in [6, 6.07) is 5.96. The van der Waals surface area contributed by atoms with Crippen molar-refractivity contribution in [3.05, 3.63) is 29.5 Å². The molecule has 0 fully saturated rings. The number of aryl methyl sites for hydroxylation is 1. The van der Waals surface area contributed by atoms with Crippen molar-refractivity contribution >= 4 is 10.9 Å². The number of rotatable bonds is 4. The first kappa shape index (κ1) is 14.6. The summed E-state index contributed by atoms with van der Waals surface area (Å²) in [6.45, 7) is 6.08. The number of aromatic nitrogens is 1. The van der Waals surface area contributed by atoms with E-state index >= 15 is 0 Å². The molecule has 20 heavy (non-hydrogen) atoms. The van der Waals surface area contributed by atoms with E-state index in [1.807, 2.05) is 26.0 Å². The van der Waals surface area contributed by atoms with Gasteiger partial charge in [0.25, 0.3) is 0 Å². The van der Waals surface area contributed by atoms with Gasteiger partial charge in [-0.15, -0.1) is 0 Å². The molecule has 0 atom stereocenters. The van der Waals surface area contributed by atoms with Crippen LogP contribution in [0.4, 0.5) is 0 Å². The highest BCUT2D eigenvalue weighted by atomic mass is 16.5. The highest BCUT2D eigenvalue weighted by Gasteiger charge is 2.15. The Morgan fingerprint density at radius 1 is 1.10 bits per heavy atom. The summed E-state index contributed by atoms with van der Waals surface area (Å²) in [5.74, 6) is 1.41. The number of fused-ring (bicyclic) bond motifs is 1. The first-order chi connectivity index (χ1) is 9.34. The van der Waals surface area contributed by atoms with Gasteiger partial charge in [0.05, 0.1) is 19.7 Å². The molecule has 0 bridgehead atoms. The summed E-state index contributed by atoms with van der Waals surface area (Å²) in [6.07, 6.45) is 0.734. The molecule has 108 valence electrons. The van der Waals surface area contributed by atoms with Gasteiger partial charge in [-0.3, -0.25) is 4.98 Å². The van der Waals surface area contributed by atoms with Gasteiger partial charge in [0.2, 0.25) is 0 Å². The molecule has 2 rings (SSSR count). The first-order valence-corrected chi connectivity index (χ1v) is 6.65. The van der Waals surface area contributed by atoms with Crippen LogP contribution in [0.5, 0.6) is 11.5 Å². The van der Waals surface area contributed by atoms with Crippen LogP contribution in [-0.2, 0) is 6.42 Å². The molecule has 1 aromatic heterocycles. The number of ether oxygens (including phenoxy) is 2. The second kappa shape index (κ2) is 5.29. The van der Waals surface area contributed by atoms with Gasteiger partial charge in [-0.1, -0.05) is 0 Å². The van der Waals surface area contributed by atoms with Crippen LogP contribution in [0.1, 0.15) is 25.1 Å². The topological polar surface area (TPSA) is 57.4 Å². The Balaban J connectivity index is 2.59. The molecule has 0 aliphatic heterocycles. The molecule has 0 aliphatic rings. The van der Waals surface area contributed by atoms with Gasteiger partial charge in [-0.05, 0) is 38.5 Å². The highest BCUT2D eigenvalue weighted by Crippen LogP contribution is 2.33. The van der Waals surface area contributed by atoms with Crippen LogP contribution in [-0.4, -0.2) is 24.7 Å². The van der Waals surface area contributed by atoms with E-state index in [1.54, 1.807) is 14.2 Å². The predicted octanol–water partition coefficient (Wildman–Crippen LogP) is 2.84. The maximum atomic E-state index is 6.08. The molecule has 4 nitrogen and oxygen atoms in total. The summed E-state index contributed by atoms with van der Waals surface area (Å²) in [5.41, 5.74) is 8.87. The van der Waals surface area contributed by atoms with Gasteiger partial charge < -0.3 is 15.2 Å². The number of hydrogen-bond acceptors (Lipinski definition) is 4. The van der Waals surface area contributed by atoms with Crippen molar-refractivity contribution in [2.45, 2.75) is 32.7 Å². The Labute approximate surface area is 119 Å². The van der Waals surface area contributed by atoms with Crippen LogP contribution in [0.3, 0.4) is 0 Å². The summed E-state index contributed by atoms with van der Waals surface area (Å²) in [5, 5.41) is 1.07. The molecule has 0 radical (unpaired) electrons. The van der Waals surface area contributed by atoms with Crippen LogP contribution in [0.25, 0.3) is 10.9 Å². The van der Waals surface area contributed by atoms with E-state index in [9.17, 15) is 0 Å². The van der Waals surface area contributed by atoms with Crippen LogP contribution in [0.2, 0.25) is 0 Å². The quantitative estimate of drug-likeness (QED) is 0.931. The van der Waals surface area contributed by atoms with E-state index in [-0.39, 0.29) is 5.54 Å². The molecule has 2 N–H and O–H groups in total. The molecule has 2 aromatic rings. The largest absolute Gasteiger partial charge is 0.493 e. The van der Waals surface area contributed by atoms with E-state index in [4.69, 9.17) is 15.2 Å². The minimum absolute atomic E-state index is 0.274. The first-order valence-electron chi connectivity index (χ1n) is 6.65. The van der Waals surface area contributed by atoms with E-state index in [0.717, 1.165) is 34.3 Å². The molecule has 0 amide bonds. The fourth-order valence-corrected chi connectivity index (χ4v) is 2.35.